The summed E-state index contributed by atoms with van der Waals surface area (Å²) in [6, 6.07) is 20.7. The lowest BCUT2D eigenvalue weighted by atomic mass is 10.0. The topological polar surface area (TPSA) is 34.9 Å². The Morgan fingerprint density at radius 3 is 2.66 bits per heavy atom. The van der Waals surface area contributed by atoms with Crippen LogP contribution in [0.1, 0.15) is 11.4 Å². The monoisotopic (exact) mass is 400 g/mol. The molecule has 3 aromatic carbocycles. The van der Waals surface area contributed by atoms with Gasteiger partial charge in [-0.1, -0.05) is 48.5 Å². The number of rotatable bonds is 3. The summed E-state index contributed by atoms with van der Waals surface area (Å²) in [5.74, 6) is 0.313. The maximum atomic E-state index is 13.6. The number of halogens is 1. The minimum absolute atomic E-state index is 0.0961. The Balaban J connectivity index is 1.68. The van der Waals surface area contributed by atoms with Crippen LogP contribution in [0.3, 0.4) is 0 Å². The number of benzene rings is 3. The molecular weight excluding hydrogens is 383 g/mol. The molecule has 0 aliphatic heterocycles. The maximum absolute atomic E-state index is 13.6. The summed E-state index contributed by atoms with van der Waals surface area (Å²) in [7, 11) is 0. The van der Waals surface area contributed by atoms with Gasteiger partial charge in [0.1, 0.15) is 16.5 Å². The van der Waals surface area contributed by atoms with Gasteiger partial charge in [-0.25, -0.2) is 9.37 Å². The van der Waals surface area contributed by atoms with Crippen LogP contribution < -0.4 is 5.56 Å². The normalized spacial score (nSPS) is 11.4. The first-order valence-electron chi connectivity index (χ1n) is 9.32. The summed E-state index contributed by atoms with van der Waals surface area (Å²) in [6.45, 7) is 2.11. The average molecular weight is 400 g/mol. The van der Waals surface area contributed by atoms with Crippen LogP contribution >= 0.6 is 11.3 Å². The molecule has 0 aliphatic rings. The van der Waals surface area contributed by atoms with E-state index in [2.05, 4.69) is 29.2 Å². The van der Waals surface area contributed by atoms with Gasteiger partial charge in [-0.15, -0.1) is 11.3 Å². The number of aryl methyl sites for hydroxylation is 1. The summed E-state index contributed by atoms with van der Waals surface area (Å²) in [5.41, 5.74) is 2.52. The molecule has 0 unspecified atom stereocenters. The predicted octanol–water partition coefficient (Wildman–Crippen LogP) is 5.77. The molecule has 5 aromatic rings. The Bertz CT molecular complexity index is 1430. The summed E-state index contributed by atoms with van der Waals surface area (Å²) in [5, 5.41) is 4.90. The number of fused-ring (bicyclic) bond motifs is 2. The summed E-state index contributed by atoms with van der Waals surface area (Å²) in [4.78, 5) is 18.8. The van der Waals surface area contributed by atoms with E-state index in [1.54, 1.807) is 10.6 Å². The fourth-order valence-electron chi connectivity index (χ4n) is 3.70. The zero-order valence-electron chi connectivity index (χ0n) is 15.7. The van der Waals surface area contributed by atoms with Crippen molar-refractivity contribution in [1.82, 2.24) is 9.55 Å². The van der Waals surface area contributed by atoms with Crippen LogP contribution in [0.2, 0.25) is 0 Å². The third kappa shape index (κ3) is 3.13. The first-order chi connectivity index (χ1) is 14.1. The van der Waals surface area contributed by atoms with Crippen molar-refractivity contribution in [2.75, 3.05) is 0 Å². The van der Waals surface area contributed by atoms with E-state index in [0.717, 1.165) is 32.3 Å². The van der Waals surface area contributed by atoms with Gasteiger partial charge in [0.25, 0.3) is 5.56 Å². The predicted molar refractivity (Wildman–Crippen MR) is 117 cm³/mol. The van der Waals surface area contributed by atoms with Gasteiger partial charge in [0.05, 0.1) is 11.9 Å². The second-order valence-corrected chi connectivity index (χ2v) is 7.93. The van der Waals surface area contributed by atoms with E-state index in [0.29, 0.717) is 17.8 Å². The maximum Gasteiger partial charge on any atom is 0.263 e. The third-order valence-corrected chi connectivity index (χ3v) is 6.05. The van der Waals surface area contributed by atoms with Gasteiger partial charge < -0.3 is 0 Å². The van der Waals surface area contributed by atoms with Crippen LogP contribution in [0.25, 0.3) is 32.1 Å². The molecule has 0 bridgehead atoms. The van der Waals surface area contributed by atoms with Crippen molar-refractivity contribution >= 4 is 32.3 Å². The summed E-state index contributed by atoms with van der Waals surface area (Å²) < 4.78 is 15.2. The van der Waals surface area contributed by atoms with Crippen molar-refractivity contribution in [2.45, 2.75) is 13.5 Å². The van der Waals surface area contributed by atoms with Gasteiger partial charge in [-0.05, 0) is 47.0 Å². The van der Waals surface area contributed by atoms with Crippen LogP contribution in [-0.4, -0.2) is 9.55 Å². The Morgan fingerprint density at radius 1 is 1.00 bits per heavy atom. The molecule has 5 rings (SSSR count). The van der Waals surface area contributed by atoms with Crippen molar-refractivity contribution in [3.05, 3.63) is 99.7 Å². The number of aromatic nitrogens is 2. The molecule has 0 saturated heterocycles. The minimum atomic E-state index is -0.311. The van der Waals surface area contributed by atoms with E-state index in [-0.39, 0.29) is 11.4 Å². The summed E-state index contributed by atoms with van der Waals surface area (Å²) in [6.07, 6.45) is 0. The molecule has 0 aliphatic carbocycles. The van der Waals surface area contributed by atoms with Crippen LogP contribution in [-0.2, 0) is 6.54 Å². The highest BCUT2D eigenvalue weighted by Gasteiger charge is 2.16. The molecule has 2 heterocycles. The lowest BCUT2D eigenvalue weighted by Crippen LogP contribution is -2.24. The molecule has 3 nitrogen and oxygen atoms in total. The zero-order valence-corrected chi connectivity index (χ0v) is 16.5. The Hall–Kier alpha value is -3.31. The SMILES string of the molecule is Cc1nc2scc(-c3ccc4ccccc4c3)c2c(=O)n1Cc1cccc(F)c1. The molecule has 0 atom stereocenters. The highest BCUT2D eigenvalue weighted by atomic mass is 32.1. The van der Waals surface area contributed by atoms with E-state index < -0.39 is 0 Å². The van der Waals surface area contributed by atoms with Gasteiger partial charge >= 0.3 is 0 Å². The van der Waals surface area contributed by atoms with E-state index >= 15 is 0 Å². The second kappa shape index (κ2) is 6.94. The minimum Gasteiger partial charge on any atom is -0.292 e. The molecule has 0 fully saturated rings. The van der Waals surface area contributed by atoms with Crippen molar-refractivity contribution in [1.29, 1.82) is 0 Å². The molecule has 0 amide bonds. The zero-order chi connectivity index (χ0) is 20.0. The molecule has 29 heavy (non-hydrogen) atoms. The largest absolute Gasteiger partial charge is 0.292 e. The molecular formula is C24H17FN2OS. The highest BCUT2D eigenvalue weighted by molar-refractivity contribution is 7.17. The van der Waals surface area contributed by atoms with E-state index in [9.17, 15) is 9.18 Å². The lowest BCUT2D eigenvalue weighted by molar-refractivity contribution is 0.621. The molecule has 0 N–H and O–H groups in total. The molecule has 0 spiro atoms. The Labute approximate surface area is 170 Å². The van der Waals surface area contributed by atoms with Gasteiger partial charge in [-0.3, -0.25) is 9.36 Å². The third-order valence-electron chi connectivity index (χ3n) is 5.17. The van der Waals surface area contributed by atoms with E-state index in [1.807, 2.05) is 36.6 Å². The molecule has 0 saturated carbocycles. The molecule has 5 heteroatoms. The molecule has 0 radical (unpaired) electrons. The van der Waals surface area contributed by atoms with Crippen molar-refractivity contribution in [3.8, 4) is 11.1 Å². The number of hydrogen-bond donors (Lipinski definition) is 0. The van der Waals surface area contributed by atoms with Crippen molar-refractivity contribution in [2.24, 2.45) is 0 Å². The standard InChI is InChI=1S/C24H17FN2OS/c1-15-26-23-22(24(28)27(15)13-16-5-4-8-20(25)11-16)21(14-29-23)19-10-9-17-6-2-3-7-18(17)12-19/h2-12,14H,13H2,1H3. The Kier molecular flexibility index (Phi) is 4.25. The Morgan fingerprint density at radius 2 is 1.83 bits per heavy atom. The van der Waals surface area contributed by atoms with Crippen molar-refractivity contribution < 1.29 is 4.39 Å². The van der Waals surface area contributed by atoms with E-state index in [4.69, 9.17) is 0 Å². The summed E-state index contributed by atoms with van der Waals surface area (Å²) >= 11 is 1.48. The highest BCUT2D eigenvalue weighted by Crippen LogP contribution is 2.32. The second-order valence-electron chi connectivity index (χ2n) is 7.07. The van der Waals surface area contributed by atoms with Crippen LogP contribution in [0, 0.1) is 12.7 Å². The van der Waals surface area contributed by atoms with Crippen LogP contribution in [0.5, 0.6) is 0 Å². The van der Waals surface area contributed by atoms with Crippen LogP contribution in [0.15, 0.2) is 76.9 Å². The first-order valence-corrected chi connectivity index (χ1v) is 10.2. The van der Waals surface area contributed by atoms with Gasteiger partial charge in [-0.2, -0.15) is 0 Å². The first kappa shape index (κ1) is 17.8. The van der Waals surface area contributed by atoms with Gasteiger partial charge in [0.2, 0.25) is 0 Å². The fourth-order valence-corrected chi connectivity index (χ4v) is 4.68. The smallest absolute Gasteiger partial charge is 0.263 e. The van der Waals surface area contributed by atoms with Crippen molar-refractivity contribution in [3.63, 3.8) is 0 Å². The fraction of sp³-hybridized carbons (Fsp3) is 0.0833. The number of nitrogens with zero attached hydrogens (tertiary/aromatic N) is 2. The van der Waals surface area contributed by atoms with Gasteiger partial charge in [0, 0.05) is 10.9 Å². The molecule has 142 valence electrons. The number of thiophene rings is 1. The van der Waals surface area contributed by atoms with E-state index in [1.165, 1.54) is 23.5 Å². The lowest BCUT2D eigenvalue weighted by Gasteiger charge is -2.10. The van der Waals surface area contributed by atoms with Gasteiger partial charge in [0.15, 0.2) is 0 Å². The average Bonchev–Trinajstić information content (AvgIpc) is 3.14. The number of hydrogen-bond acceptors (Lipinski definition) is 3. The van der Waals surface area contributed by atoms with Crippen LogP contribution in [0.4, 0.5) is 4.39 Å². The quantitative estimate of drug-likeness (QED) is 0.385. The molecule has 2 aromatic heterocycles.